The summed E-state index contributed by atoms with van der Waals surface area (Å²) in [7, 11) is 1.34. The van der Waals surface area contributed by atoms with Gasteiger partial charge in [-0.05, 0) is 48.4 Å². The molecule has 1 amide bonds. The first-order valence-electron chi connectivity index (χ1n) is 12.1. The van der Waals surface area contributed by atoms with Crippen molar-refractivity contribution in [2.45, 2.75) is 36.3 Å². The SMILES string of the molecule is COC(=O)[C@H](C)Oc1cccc(SCCCN2C(=O)OC[C@@H]2C(c2ccccc2)c2ccccc2)c1. The Labute approximate surface area is 216 Å². The number of rotatable bonds is 11. The van der Waals surface area contributed by atoms with Gasteiger partial charge in [0.15, 0.2) is 6.10 Å². The number of hydrogen-bond donors (Lipinski definition) is 0. The molecule has 0 unspecified atom stereocenters. The second kappa shape index (κ2) is 12.5. The van der Waals surface area contributed by atoms with E-state index in [1.54, 1.807) is 18.7 Å². The summed E-state index contributed by atoms with van der Waals surface area (Å²) in [5.41, 5.74) is 2.34. The number of nitrogens with zero attached hydrogens (tertiary/aromatic N) is 1. The lowest BCUT2D eigenvalue weighted by Gasteiger charge is -2.30. The molecular formula is C29H31NO5S. The first-order chi connectivity index (χ1) is 17.6. The van der Waals surface area contributed by atoms with Gasteiger partial charge in [-0.2, -0.15) is 0 Å². The van der Waals surface area contributed by atoms with Gasteiger partial charge in [0, 0.05) is 17.4 Å². The van der Waals surface area contributed by atoms with E-state index in [1.165, 1.54) is 18.2 Å². The van der Waals surface area contributed by atoms with Gasteiger partial charge in [-0.1, -0.05) is 66.7 Å². The summed E-state index contributed by atoms with van der Waals surface area (Å²) in [5, 5.41) is 0. The monoisotopic (exact) mass is 505 g/mol. The highest BCUT2D eigenvalue weighted by Crippen LogP contribution is 2.34. The number of cyclic esters (lactones) is 1. The Bertz CT molecular complexity index is 1100. The van der Waals surface area contributed by atoms with Crippen LogP contribution in [0.4, 0.5) is 4.79 Å². The molecule has 1 fully saturated rings. The lowest BCUT2D eigenvalue weighted by Crippen LogP contribution is -2.39. The van der Waals surface area contributed by atoms with Crippen molar-refractivity contribution in [1.82, 2.24) is 4.90 Å². The fourth-order valence-corrected chi connectivity index (χ4v) is 5.32. The summed E-state index contributed by atoms with van der Waals surface area (Å²) in [4.78, 5) is 27.2. The van der Waals surface area contributed by atoms with Gasteiger partial charge in [0.1, 0.15) is 12.4 Å². The van der Waals surface area contributed by atoms with Crippen molar-refractivity contribution in [1.29, 1.82) is 0 Å². The van der Waals surface area contributed by atoms with Gasteiger partial charge >= 0.3 is 12.1 Å². The Hall–Kier alpha value is -3.45. The topological polar surface area (TPSA) is 65.1 Å². The third kappa shape index (κ3) is 6.40. The molecule has 0 radical (unpaired) electrons. The summed E-state index contributed by atoms with van der Waals surface area (Å²) in [6, 6.07) is 28.2. The van der Waals surface area contributed by atoms with Crippen molar-refractivity contribution < 1.29 is 23.8 Å². The summed E-state index contributed by atoms with van der Waals surface area (Å²) >= 11 is 1.69. The highest BCUT2D eigenvalue weighted by atomic mass is 32.2. The van der Waals surface area contributed by atoms with Gasteiger partial charge in [0.2, 0.25) is 0 Å². The zero-order chi connectivity index (χ0) is 25.3. The molecule has 0 bridgehead atoms. The summed E-state index contributed by atoms with van der Waals surface area (Å²) in [6.07, 6.45) is -0.111. The number of hydrogen-bond acceptors (Lipinski definition) is 6. The van der Waals surface area contributed by atoms with E-state index in [1.807, 2.05) is 65.6 Å². The molecule has 7 heteroatoms. The number of amides is 1. The normalized spacial score (nSPS) is 16.0. The van der Waals surface area contributed by atoms with E-state index in [9.17, 15) is 9.59 Å². The Morgan fingerprint density at radius 2 is 1.69 bits per heavy atom. The quantitative estimate of drug-likeness (QED) is 0.188. The lowest BCUT2D eigenvalue weighted by atomic mass is 9.85. The van der Waals surface area contributed by atoms with E-state index in [2.05, 4.69) is 24.3 Å². The predicted octanol–water partition coefficient (Wildman–Crippen LogP) is 5.76. The van der Waals surface area contributed by atoms with Crippen LogP contribution in [-0.4, -0.2) is 55.1 Å². The molecule has 3 aromatic carbocycles. The number of ether oxygens (including phenoxy) is 3. The Balaban J connectivity index is 1.38. The number of carbonyl (C=O) groups excluding carboxylic acids is 2. The van der Waals surface area contributed by atoms with E-state index < -0.39 is 12.1 Å². The molecule has 1 saturated heterocycles. The van der Waals surface area contributed by atoms with Gasteiger partial charge in [0.25, 0.3) is 0 Å². The molecule has 1 heterocycles. The number of benzene rings is 3. The van der Waals surface area contributed by atoms with Crippen LogP contribution in [0.2, 0.25) is 0 Å². The van der Waals surface area contributed by atoms with Crippen molar-refractivity contribution in [3.05, 3.63) is 96.1 Å². The Morgan fingerprint density at radius 1 is 1.03 bits per heavy atom. The standard InChI is InChI=1S/C29H31NO5S/c1-21(28(31)33-2)35-24-15-9-16-25(19-24)36-18-10-17-30-26(20-34-29(30)32)27(22-11-5-3-6-12-22)23-13-7-4-8-14-23/h3-9,11-16,19,21,26-27H,10,17-18,20H2,1-2H3/t21-,26+/m0/s1. The fraction of sp³-hybridized carbons (Fsp3) is 0.310. The smallest absolute Gasteiger partial charge is 0.410 e. The van der Waals surface area contributed by atoms with Crippen molar-refractivity contribution in [3.63, 3.8) is 0 Å². The Kier molecular flexibility index (Phi) is 8.90. The van der Waals surface area contributed by atoms with Gasteiger partial charge in [-0.25, -0.2) is 9.59 Å². The maximum atomic E-state index is 12.7. The van der Waals surface area contributed by atoms with Crippen LogP contribution in [0.1, 0.15) is 30.4 Å². The minimum atomic E-state index is -0.671. The molecule has 6 nitrogen and oxygen atoms in total. The first-order valence-corrected chi connectivity index (χ1v) is 13.1. The van der Waals surface area contributed by atoms with Crippen LogP contribution in [0.15, 0.2) is 89.8 Å². The number of methoxy groups -OCH3 is 1. The van der Waals surface area contributed by atoms with Crippen molar-refractivity contribution >= 4 is 23.8 Å². The molecule has 4 rings (SSSR count). The van der Waals surface area contributed by atoms with Crippen LogP contribution in [-0.2, 0) is 14.3 Å². The van der Waals surface area contributed by atoms with E-state index >= 15 is 0 Å². The second-order valence-corrected chi connectivity index (χ2v) is 9.77. The van der Waals surface area contributed by atoms with Gasteiger partial charge in [-0.15, -0.1) is 11.8 Å². The highest BCUT2D eigenvalue weighted by molar-refractivity contribution is 7.99. The van der Waals surface area contributed by atoms with Crippen LogP contribution in [0, 0.1) is 0 Å². The summed E-state index contributed by atoms with van der Waals surface area (Å²) < 4.78 is 15.9. The van der Waals surface area contributed by atoms with Crippen LogP contribution >= 0.6 is 11.8 Å². The molecule has 0 aromatic heterocycles. The zero-order valence-corrected chi connectivity index (χ0v) is 21.4. The third-order valence-corrected chi connectivity index (χ3v) is 7.26. The highest BCUT2D eigenvalue weighted by Gasteiger charge is 2.39. The first kappa shape index (κ1) is 25.6. The average Bonchev–Trinajstić information content (AvgIpc) is 3.27. The van der Waals surface area contributed by atoms with Crippen LogP contribution in [0.5, 0.6) is 5.75 Å². The minimum Gasteiger partial charge on any atom is -0.479 e. The summed E-state index contributed by atoms with van der Waals surface area (Å²) in [6.45, 7) is 2.65. The molecule has 3 aromatic rings. The van der Waals surface area contributed by atoms with Crippen LogP contribution in [0.25, 0.3) is 0 Å². The van der Waals surface area contributed by atoms with E-state index in [0.717, 1.165) is 17.1 Å². The third-order valence-electron chi connectivity index (χ3n) is 6.18. The van der Waals surface area contributed by atoms with Gasteiger partial charge in [0.05, 0.1) is 13.2 Å². The molecule has 0 N–H and O–H groups in total. The fourth-order valence-electron chi connectivity index (χ4n) is 4.44. The maximum absolute atomic E-state index is 12.7. The number of carbonyl (C=O) groups is 2. The Morgan fingerprint density at radius 3 is 2.33 bits per heavy atom. The second-order valence-electron chi connectivity index (χ2n) is 8.60. The van der Waals surface area contributed by atoms with Crippen LogP contribution in [0.3, 0.4) is 0 Å². The average molecular weight is 506 g/mol. The van der Waals surface area contributed by atoms with E-state index in [-0.39, 0.29) is 18.1 Å². The lowest BCUT2D eigenvalue weighted by molar-refractivity contribution is -0.147. The molecule has 1 aliphatic heterocycles. The van der Waals surface area contributed by atoms with Crippen molar-refractivity contribution in [2.24, 2.45) is 0 Å². The molecule has 2 atom stereocenters. The maximum Gasteiger partial charge on any atom is 0.410 e. The largest absolute Gasteiger partial charge is 0.479 e. The molecule has 0 saturated carbocycles. The van der Waals surface area contributed by atoms with E-state index in [4.69, 9.17) is 14.2 Å². The van der Waals surface area contributed by atoms with Crippen molar-refractivity contribution in [3.8, 4) is 5.75 Å². The zero-order valence-electron chi connectivity index (χ0n) is 20.5. The van der Waals surface area contributed by atoms with Crippen molar-refractivity contribution in [2.75, 3.05) is 26.0 Å². The van der Waals surface area contributed by atoms with Gasteiger partial charge < -0.3 is 19.1 Å². The van der Waals surface area contributed by atoms with E-state index in [0.29, 0.717) is 18.9 Å². The van der Waals surface area contributed by atoms with Gasteiger partial charge in [-0.3, -0.25) is 0 Å². The predicted molar refractivity (Wildman–Crippen MR) is 140 cm³/mol. The number of thioether (sulfide) groups is 1. The molecule has 1 aliphatic rings. The van der Waals surface area contributed by atoms with Crippen LogP contribution < -0.4 is 4.74 Å². The molecule has 36 heavy (non-hydrogen) atoms. The number of esters is 1. The molecule has 0 aliphatic carbocycles. The minimum absolute atomic E-state index is 0.0390. The molecule has 0 spiro atoms. The molecule has 188 valence electrons. The summed E-state index contributed by atoms with van der Waals surface area (Å²) in [5.74, 6) is 1.07. The molecular weight excluding hydrogens is 474 g/mol.